The summed E-state index contributed by atoms with van der Waals surface area (Å²) in [6.07, 6.45) is 0. The molecule has 1 atom stereocenters. The van der Waals surface area contributed by atoms with E-state index >= 15 is 0 Å². The van der Waals surface area contributed by atoms with Crippen molar-refractivity contribution in [2.45, 2.75) is 15.9 Å². The van der Waals surface area contributed by atoms with Gasteiger partial charge in [-0.15, -0.1) is 0 Å². The van der Waals surface area contributed by atoms with Crippen molar-refractivity contribution < 1.29 is 9.72 Å². The summed E-state index contributed by atoms with van der Waals surface area (Å²) in [6.45, 7) is 1.48. The van der Waals surface area contributed by atoms with Crippen molar-refractivity contribution >= 4 is 77.6 Å². The van der Waals surface area contributed by atoms with Gasteiger partial charge in [0.2, 0.25) is 0 Å². The first-order valence-electron chi connectivity index (χ1n) is 11.9. The van der Waals surface area contributed by atoms with Crippen LogP contribution in [0, 0.1) is 10.1 Å². The molecule has 0 aliphatic carbocycles. The molecule has 0 radical (unpaired) electrons. The summed E-state index contributed by atoms with van der Waals surface area (Å²) < 4.78 is 0.239. The van der Waals surface area contributed by atoms with Gasteiger partial charge in [0, 0.05) is 27.5 Å². The maximum absolute atomic E-state index is 12.7. The lowest BCUT2D eigenvalue weighted by molar-refractivity contribution is -0.384. The monoisotopic (exact) mass is 679 g/mol. The Kier molecular flexibility index (Phi) is 6.69. The first-order valence-corrected chi connectivity index (χ1v) is 15.1. The van der Waals surface area contributed by atoms with E-state index in [1.54, 1.807) is 35.0 Å². The highest BCUT2D eigenvalue weighted by Gasteiger charge is 2.62. The predicted molar refractivity (Wildman–Crippen MR) is 165 cm³/mol. The fourth-order valence-corrected chi connectivity index (χ4v) is 9.16. The number of para-hydroxylation sites is 2. The molecule has 6 rings (SSSR count). The number of carbonyl (C=O) groups is 1. The van der Waals surface area contributed by atoms with Crippen LogP contribution < -0.4 is 5.01 Å². The maximum Gasteiger partial charge on any atom is 0.294 e. The van der Waals surface area contributed by atoms with Crippen LogP contribution >= 0.6 is 55.4 Å². The second-order valence-corrected chi connectivity index (χ2v) is 13.7. The van der Waals surface area contributed by atoms with Gasteiger partial charge in [0.25, 0.3) is 5.69 Å². The van der Waals surface area contributed by atoms with Gasteiger partial charge in [-0.2, -0.15) is 5.10 Å². The third kappa shape index (κ3) is 4.16. The molecule has 0 saturated heterocycles. The second kappa shape index (κ2) is 9.92. The molecule has 4 aromatic rings. The van der Waals surface area contributed by atoms with Crippen LogP contribution in [0.4, 0.5) is 11.4 Å². The van der Waals surface area contributed by atoms with Crippen molar-refractivity contribution in [1.82, 2.24) is 0 Å². The first-order chi connectivity index (χ1) is 18.8. The van der Waals surface area contributed by atoms with Crippen molar-refractivity contribution in [3.63, 3.8) is 0 Å². The topological polar surface area (TPSA) is 75.8 Å². The SMILES string of the molecule is CC(=O)C1=NN(c2ccccc2[N+](=O)[O-])[C@@]2(S1)SC(c1ccc(Br)cc1)(c1ccc(Br)cc1)c1ccccc12. The molecule has 0 unspecified atom stereocenters. The Labute approximate surface area is 250 Å². The number of fused-ring (bicyclic) bond motifs is 2. The standard InChI is InChI=1S/C29H19Br2N3O3S2/c1-18(35)27-32-33(25-8-4-5-9-26(25)34(36)37)29(38-27)24-7-3-2-6-23(24)28(39-29,19-10-14-21(30)15-11-19)20-12-16-22(31)17-13-20/h2-17H,1H3/t29-/m0/s1. The molecule has 6 nitrogen and oxygen atoms in total. The van der Waals surface area contributed by atoms with Crippen LogP contribution in [0.3, 0.4) is 0 Å². The number of halogens is 2. The van der Waals surface area contributed by atoms with Crippen LogP contribution in [0.15, 0.2) is 111 Å². The Balaban J connectivity index is 1.67. The number of Topliss-reactive ketones (excluding diaryl/α,β-unsaturated/α-hetero) is 1. The molecule has 0 bridgehead atoms. The fourth-order valence-electron chi connectivity index (χ4n) is 5.08. The Morgan fingerprint density at radius 2 is 1.38 bits per heavy atom. The number of rotatable bonds is 5. The van der Waals surface area contributed by atoms with Gasteiger partial charge in [-0.05, 0) is 47.0 Å². The van der Waals surface area contributed by atoms with E-state index in [2.05, 4.69) is 62.2 Å². The molecular formula is C29H19Br2N3O3S2. The molecule has 2 aliphatic rings. The molecule has 2 heterocycles. The highest BCUT2D eigenvalue weighted by Crippen LogP contribution is 2.71. The molecule has 0 fully saturated rings. The van der Waals surface area contributed by atoms with Crippen molar-refractivity contribution in [2.24, 2.45) is 5.10 Å². The van der Waals surface area contributed by atoms with Crippen LogP contribution in [-0.2, 0) is 13.7 Å². The van der Waals surface area contributed by atoms with Crippen molar-refractivity contribution in [1.29, 1.82) is 0 Å². The molecule has 194 valence electrons. The van der Waals surface area contributed by atoms with E-state index in [-0.39, 0.29) is 11.5 Å². The molecule has 1 spiro atoms. The second-order valence-electron chi connectivity index (χ2n) is 9.05. The van der Waals surface area contributed by atoms with Gasteiger partial charge in [0.05, 0.1) is 9.67 Å². The number of thioether (sulfide) groups is 2. The van der Waals surface area contributed by atoms with E-state index in [1.165, 1.54) is 24.8 Å². The number of carbonyl (C=O) groups excluding carboxylic acids is 1. The van der Waals surface area contributed by atoms with Crippen LogP contribution in [-0.4, -0.2) is 15.8 Å². The summed E-state index contributed by atoms with van der Waals surface area (Å²) in [5, 5.41) is 18.8. The predicted octanol–water partition coefficient (Wildman–Crippen LogP) is 8.42. The zero-order chi connectivity index (χ0) is 27.4. The van der Waals surface area contributed by atoms with Crippen LogP contribution in [0.25, 0.3) is 0 Å². The largest absolute Gasteiger partial charge is 0.294 e. The molecule has 0 amide bonds. The Bertz CT molecular complexity index is 1620. The van der Waals surface area contributed by atoms with E-state index in [1.807, 2.05) is 42.5 Å². The highest BCUT2D eigenvalue weighted by molar-refractivity contribution is 9.10. The van der Waals surface area contributed by atoms with Gasteiger partial charge in [-0.25, -0.2) is 5.01 Å². The Morgan fingerprint density at radius 3 is 1.95 bits per heavy atom. The third-order valence-corrected chi connectivity index (χ3v) is 11.2. The van der Waals surface area contributed by atoms with Gasteiger partial charge < -0.3 is 0 Å². The van der Waals surface area contributed by atoms with Gasteiger partial charge in [-0.3, -0.25) is 14.9 Å². The molecule has 0 N–H and O–H groups in total. The summed E-state index contributed by atoms with van der Waals surface area (Å²) in [4.78, 5) is 24.5. The van der Waals surface area contributed by atoms with E-state index in [4.69, 9.17) is 5.10 Å². The minimum absolute atomic E-state index is 0.0751. The Hall–Kier alpha value is -2.92. The maximum atomic E-state index is 12.7. The highest BCUT2D eigenvalue weighted by atomic mass is 79.9. The summed E-state index contributed by atoms with van der Waals surface area (Å²) in [5.41, 5.74) is 4.31. The fraction of sp³-hybridized carbons (Fsp3) is 0.103. The van der Waals surface area contributed by atoms with Gasteiger partial charge in [0.1, 0.15) is 5.69 Å². The first kappa shape index (κ1) is 26.3. The number of nitro groups is 1. The number of anilines is 1. The molecular weight excluding hydrogens is 662 g/mol. The normalized spacial score (nSPS) is 19.2. The number of hydrogen-bond donors (Lipinski definition) is 0. The number of ketones is 1. The van der Waals surface area contributed by atoms with E-state index < -0.39 is 13.9 Å². The van der Waals surface area contributed by atoms with Crippen LogP contribution in [0.1, 0.15) is 29.2 Å². The van der Waals surface area contributed by atoms with Crippen molar-refractivity contribution in [2.75, 3.05) is 5.01 Å². The number of benzene rings is 4. The summed E-state index contributed by atoms with van der Waals surface area (Å²) in [7, 11) is 0. The average molecular weight is 681 g/mol. The lowest BCUT2D eigenvalue weighted by atomic mass is 9.82. The zero-order valence-electron chi connectivity index (χ0n) is 20.4. The number of nitro benzene ring substituents is 1. The van der Waals surface area contributed by atoms with Gasteiger partial charge in [-0.1, -0.05) is 116 Å². The quantitative estimate of drug-likeness (QED) is 0.156. The van der Waals surface area contributed by atoms with E-state index in [0.29, 0.717) is 10.7 Å². The molecule has 2 aliphatic heterocycles. The van der Waals surface area contributed by atoms with Gasteiger partial charge >= 0.3 is 0 Å². The molecule has 0 aromatic heterocycles. The van der Waals surface area contributed by atoms with Crippen LogP contribution in [0.2, 0.25) is 0 Å². The molecule has 0 saturated carbocycles. The molecule has 10 heteroatoms. The number of hydrazone groups is 1. The Morgan fingerprint density at radius 1 is 0.846 bits per heavy atom. The smallest absolute Gasteiger partial charge is 0.292 e. The lowest BCUT2D eigenvalue weighted by Gasteiger charge is -2.37. The third-order valence-electron chi connectivity index (χ3n) is 6.75. The molecule has 4 aromatic carbocycles. The minimum atomic E-state index is -0.982. The van der Waals surface area contributed by atoms with E-state index in [9.17, 15) is 14.9 Å². The minimum Gasteiger partial charge on any atom is -0.292 e. The summed E-state index contributed by atoms with van der Waals surface area (Å²) >= 11 is 10.1. The van der Waals surface area contributed by atoms with Crippen molar-refractivity contribution in [3.05, 3.63) is 138 Å². The number of hydrogen-bond acceptors (Lipinski definition) is 7. The number of nitrogens with zero attached hydrogens (tertiary/aromatic N) is 3. The van der Waals surface area contributed by atoms with Gasteiger partial charge in [0.15, 0.2) is 15.0 Å². The zero-order valence-corrected chi connectivity index (χ0v) is 25.2. The van der Waals surface area contributed by atoms with E-state index in [0.717, 1.165) is 31.2 Å². The summed E-state index contributed by atoms with van der Waals surface area (Å²) in [5.74, 6) is -0.191. The van der Waals surface area contributed by atoms with Crippen LogP contribution in [0.5, 0.6) is 0 Å². The van der Waals surface area contributed by atoms with Crippen molar-refractivity contribution in [3.8, 4) is 0 Å². The average Bonchev–Trinajstić information content (AvgIpc) is 3.47. The summed E-state index contributed by atoms with van der Waals surface area (Å²) in [6, 6.07) is 31.1. The molecule has 39 heavy (non-hydrogen) atoms. The lowest BCUT2D eigenvalue weighted by Crippen LogP contribution is -2.34.